The van der Waals surface area contributed by atoms with Crippen molar-refractivity contribution >= 4 is 11.8 Å². The van der Waals surface area contributed by atoms with Gasteiger partial charge >= 0.3 is 0 Å². The van der Waals surface area contributed by atoms with Gasteiger partial charge in [0, 0.05) is 18.5 Å². The molecule has 0 bridgehead atoms. The van der Waals surface area contributed by atoms with Crippen LogP contribution in [0.3, 0.4) is 0 Å². The fourth-order valence-corrected chi connectivity index (χ4v) is 2.01. The Labute approximate surface area is 129 Å². The summed E-state index contributed by atoms with van der Waals surface area (Å²) in [6.45, 7) is 12.3. The summed E-state index contributed by atoms with van der Waals surface area (Å²) in [7, 11) is 0. The molecule has 21 heavy (non-hydrogen) atoms. The first kappa shape index (κ1) is 19.9. The van der Waals surface area contributed by atoms with Crippen LogP contribution in [0.1, 0.15) is 60.8 Å². The number of nitrogens with two attached hydrogens (primary N) is 1. The summed E-state index contributed by atoms with van der Waals surface area (Å²) >= 11 is 0. The van der Waals surface area contributed by atoms with Crippen LogP contribution in [0, 0.1) is 11.8 Å². The summed E-state index contributed by atoms with van der Waals surface area (Å²) in [5, 5.41) is 5.71. The molecule has 2 amide bonds. The Kier molecular flexibility index (Phi) is 8.55. The topological polar surface area (TPSA) is 84.2 Å². The molecule has 124 valence electrons. The summed E-state index contributed by atoms with van der Waals surface area (Å²) < 4.78 is 0. The zero-order valence-electron chi connectivity index (χ0n) is 14.5. The van der Waals surface area contributed by atoms with E-state index in [0.717, 1.165) is 12.8 Å². The van der Waals surface area contributed by atoms with E-state index in [-0.39, 0.29) is 29.2 Å². The Hall–Kier alpha value is -1.10. The molecule has 0 aliphatic carbocycles. The highest BCUT2D eigenvalue weighted by atomic mass is 16.2. The number of amides is 2. The fourth-order valence-electron chi connectivity index (χ4n) is 2.01. The van der Waals surface area contributed by atoms with Crippen LogP contribution in [0.2, 0.25) is 0 Å². The Morgan fingerprint density at radius 2 is 1.62 bits per heavy atom. The lowest BCUT2D eigenvalue weighted by Crippen LogP contribution is -2.55. The number of carbonyl (C=O) groups is 2. The molecule has 0 radical (unpaired) electrons. The molecule has 0 aromatic rings. The second kappa shape index (κ2) is 9.03. The molecular weight excluding hydrogens is 266 g/mol. The average Bonchev–Trinajstić information content (AvgIpc) is 2.40. The third-order valence-electron chi connectivity index (χ3n) is 3.88. The Bertz CT molecular complexity index is 336. The van der Waals surface area contributed by atoms with Crippen molar-refractivity contribution in [2.45, 2.75) is 72.4 Å². The quantitative estimate of drug-likeness (QED) is 0.607. The molecule has 1 atom stereocenters. The van der Waals surface area contributed by atoms with Crippen molar-refractivity contribution in [3.05, 3.63) is 0 Å². The van der Waals surface area contributed by atoms with E-state index in [9.17, 15) is 9.59 Å². The minimum Gasteiger partial charge on any atom is -0.352 e. The van der Waals surface area contributed by atoms with Gasteiger partial charge in [-0.15, -0.1) is 0 Å². The standard InChI is InChI=1S/C16H33N3O2/c1-7-16(17,8-2)10-18-15(21)14(12(5)6)19-13(20)9-11(3)4/h11-12,14H,7-10,17H2,1-6H3,(H,18,21)(H,19,20). The lowest BCUT2D eigenvalue weighted by molar-refractivity contribution is -0.130. The highest BCUT2D eigenvalue weighted by Gasteiger charge is 2.27. The minimum atomic E-state index is -0.505. The average molecular weight is 299 g/mol. The maximum absolute atomic E-state index is 12.3. The van der Waals surface area contributed by atoms with Crippen molar-refractivity contribution in [3.8, 4) is 0 Å². The van der Waals surface area contributed by atoms with Gasteiger partial charge in [0.2, 0.25) is 11.8 Å². The summed E-state index contributed by atoms with van der Waals surface area (Å²) in [6, 6.07) is -0.505. The largest absolute Gasteiger partial charge is 0.352 e. The first-order valence-electron chi connectivity index (χ1n) is 8.01. The van der Waals surface area contributed by atoms with Gasteiger partial charge in [-0.3, -0.25) is 9.59 Å². The van der Waals surface area contributed by atoms with Crippen LogP contribution in [0.25, 0.3) is 0 Å². The van der Waals surface area contributed by atoms with Gasteiger partial charge in [-0.2, -0.15) is 0 Å². The third kappa shape index (κ3) is 7.46. The van der Waals surface area contributed by atoms with Crippen LogP contribution in [-0.2, 0) is 9.59 Å². The van der Waals surface area contributed by atoms with E-state index in [1.165, 1.54) is 0 Å². The van der Waals surface area contributed by atoms with Crippen molar-refractivity contribution in [1.82, 2.24) is 10.6 Å². The molecule has 5 heteroatoms. The third-order valence-corrected chi connectivity index (χ3v) is 3.88. The van der Waals surface area contributed by atoms with Crippen LogP contribution >= 0.6 is 0 Å². The molecule has 0 aliphatic rings. The fraction of sp³-hybridized carbons (Fsp3) is 0.875. The molecule has 0 aliphatic heterocycles. The van der Waals surface area contributed by atoms with Crippen LogP contribution < -0.4 is 16.4 Å². The highest BCUT2D eigenvalue weighted by Crippen LogP contribution is 2.10. The zero-order valence-corrected chi connectivity index (χ0v) is 14.5. The minimum absolute atomic E-state index is 0.0385. The van der Waals surface area contributed by atoms with Crippen molar-refractivity contribution in [2.75, 3.05) is 6.54 Å². The predicted octanol–water partition coefficient (Wildman–Crippen LogP) is 1.81. The van der Waals surface area contributed by atoms with E-state index < -0.39 is 6.04 Å². The van der Waals surface area contributed by atoms with Gasteiger partial charge in [0.05, 0.1) is 0 Å². The van der Waals surface area contributed by atoms with Gasteiger partial charge in [-0.25, -0.2) is 0 Å². The maximum atomic E-state index is 12.3. The maximum Gasteiger partial charge on any atom is 0.242 e. The van der Waals surface area contributed by atoms with Gasteiger partial charge in [-0.05, 0) is 24.7 Å². The van der Waals surface area contributed by atoms with E-state index in [1.807, 2.05) is 41.5 Å². The lowest BCUT2D eigenvalue weighted by atomic mass is 9.94. The molecular formula is C16H33N3O2. The van der Waals surface area contributed by atoms with Crippen LogP contribution in [0.15, 0.2) is 0 Å². The summed E-state index contributed by atoms with van der Waals surface area (Å²) in [4.78, 5) is 24.2. The Morgan fingerprint density at radius 1 is 1.10 bits per heavy atom. The molecule has 0 rings (SSSR count). The molecule has 0 aromatic heterocycles. The van der Waals surface area contributed by atoms with Gasteiger partial charge < -0.3 is 16.4 Å². The predicted molar refractivity (Wildman–Crippen MR) is 86.7 cm³/mol. The van der Waals surface area contributed by atoms with E-state index in [4.69, 9.17) is 5.73 Å². The van der Waals surface area contributed by atoms with E-state index in [2.05, 4.69) is 10.6 Å². The summed E-state index contributed by atoms with van der Waals surface area (Å²) in [6.07, 6.45) is 2.03. The first-order chi connectivity index (χ1) is 9.65. The molecule has 4 N–H and O–H groups in total. The molecule has 0 fully saturated rings. The van der Waals surface area contributed by atoms with E-state index in [0.29, 0.717) is 13.0 Å². The van der Waals surface area contributed by atoms with Gasteiger partial charge in [-0.1, -0.05) is 41.5 Å². The van der Waals surface area contributed by atoms with Crippen molar-refractivity contribution in [3.63, 3.8) is 0 Å². The molecule has 0 heterocycles. The van der Waals surface area contributed by atoms with Crippen LogP contribution in [0.5, 0.6) is 0 Å². The molecule has 0 aromatic carbocycles. The van der Waals surface area contributed by atoms with Crippen LogP contribution in [-0.4, -0.2) is 29.9 Å². The van der Waals surface area contributed by atoms with Crippen molar-refractivity contribution < 1.29 is 9.59 Å². The monoisotopic (exact) mass is 299 g/mol. The van der Waals surface area contributed by atoms with Crippen molar-refractivity contribution in [2.24, 2.45) is 17.6 Å². The van der Waals surface area contributed by atoms with E-state index >= 15 is 0 Å². The smallest absolute Gasteiger partial charge is 0.242 e. The second-order valence-electron chi connectivity index (χ2n) is 6.67. The summed E-state index contributed by atoms with van der Waals surface area (Å²) in [5.41, 5.74) is 5.81. The summed E-state index contributed by atoms with van der Waals surface area (Å²) in [5.74, 6) is 0.0805. The van der Waals surface area contributed by atoms with Gasteiger partial charge in [0.25, 0.3) is 0 Å². The molecule has 0 saturated heterocycles. The number of rotatable bonds is 9. The zero-order chi connectivity index (χ0) is 16.6. The Morgan fingerprint density at radius 3 is 2.00 bits per heavy atom. The number of carbonyl (C=O) groups excluding carboxylic acids is 2. The van der Waals surface area contributed by atoms with E-state index in [1.54, 1.807) is 0 Å². The number of nitrogens with one attached hydrogen (secondary N) is 2. The molecule has 1 unspecified atom stereocenters. The first-order valence-corrected chi connectivity index (χ1v) is 8.01. The highest BCUT2D eigenvalue weighted by molar-refractivity contribution is 5.87. The van der Waals surface area contributed by atoms with Crippen molar-refractivity contribution in [1.29, 1.82) is 0 Å². The van der Waals surface area contributed by atoms with Gasteiger partial charge in [0.15, 0.2) is 0 Å². The molecule has 5 nitrogen and oxygen atoms in total. The molecule has 0 spiro atoms. The number of hydrogen-bond acceptors (Lipinski definition) is 3. The van der Waals surface area contributed by atoms with Crippen LogP contribution in [0.4, 0.5) is 0 Å². The lowest BCUT2D eigenvalue weighted by Gasteiger charge is -2.29. The van der Waals surface area contributed by atoms with Gasteiger partial charge in [0.1, 0.15) is 6.04 Å². The normalized spacial score (nSPS) is 13.4. The molecule has 0 saturated carbocycles. The second-order valence-corrected chi connectivity index (χ2v) is 6.67. The number of hydrogen-bond donors (Lipinski definition) is 3. The SMILES string of the molecule is CCC(N)(CC)CNC(=O)C(NC(=O)CC(C)C)C(C)C. The Balaban J connectivity index is 4.60.